The second kappa shape index (κ2) is 3.24. The van der Waals surface area contributed by atoms with Gasteiger partial charge in [-0.2, -0.15) is 0 Å². The average molecular weight is 210 g/mol. The second-order valence-corrected chi connectivity index (χ2v) is 3.72. The zero-order valence-corrected chi connectivity index (χ0v) is 9.26. The molecule has 2 heterocycles. The smallest absolute Gasteiger partial charge is 0.161 e. The molecule has 0 aromatic carbocycles. The van der Waals surface area contributed by atoms with Crippen LogP contribution in [0.4, 0.5) is 0 Å². The molecular formula is C10H12ClN3. The minimum atomic E-state index is 0.737. The average Bonchev–Trinajstić information content (AvgIpc) is 2.46. The molecule has 0 unspecified atom stereocenters. The van der Waals surface area contributed by atoms with Crippen LogP contribution in [0.25, 0.3) is 11.2 Å². The van der Waals surface area contributed by atoms with Crippen LogP contribution in [-0.4, -0.2) is 14.5 Å². The van der Waals surface area contributed by atoms with Gasteiger partial charge in [-0.3, -0.25) is 0 Å². The summed E-state index contributed by atoms with van der Waals surface area (Å²) in [5, 5.41) is 0.737. The largest absolute Gasteiger partial charge is 0.316 e. The van der Waals surface area contributed by atoms with Crippen LogP contribution in [0.5, 0.6) is 0 Å². The fourth-order valence-corrected chi connectivity index (χ4v) is 1.80. The van der Waals surface area contributed by atoms with Gasteiger partial charge in [0.2, 0.25) is 0 Å². The first kappa shape index (κ1) is 9.46. The molecule has 0 aliphatic rings. The van der Waals surface area contributed by atoms with Gasteiger partial charge in [0.1, 0.15) is 11.3 Å². The van der Waals surface area contributed by atoms with Crippen LogP contribution in [0.1, 0.15) is 18.3 Å². The number of hydrogen-bond donors (Lipinski definition) is 0. The van der Waals surface area contributed by atoms with Crippen molar-refractivity contribution in [1.29, 1.82) is 0 Å². The highest BCUT2D eigenvalue weighted by Gasteiger charge is 2.11. The van der Waals surface area contributed by atoms with Crippen molar-refractivity contribution in [3.63, 3.8) is 0 Å². The second-order valence-electron chi connectivity index (χ2n) is 3.34. The van der Waals surface area contributed by atoms with E-state index in [4.69, 9.17) is 11.6 Å². The molecule has 14 heavy (non-hydrogen) atoms. The number of pyridine rings is 1. The summed E-state index contributed by atoms with van der Waals surface area (Å²) in [5.41, 5.74) is 2.72. The molecule has 0 aliphatic heterocycles. The van der Waals surface area contributed by atoms with E-state index in [1.807, 2.05) is 24.7 Å². The molecular weight excluding hydrogens is 198 g/mol. The Bertz CT molecular complexity index is 488. The summed E-state index contributed by atoms with van der Waals surface area (Å²) in [4.78, 5) is 8.74. The van der Waals surface area contributed by atoms with Crippen molar-refractivity contribution in [3.05, 3.63) is 22.6 Å². The Kier molecular flexibility index (Phi) is 2.19. The van der Waals surface area contributed by atoms with Crippen molar-refractivity contribution >= 4 is 22.8 Å². The first-order chi connectivity index (χ1) is 6.65. The molecule has 0 atom stereocenters. The summed E-state index contributed by atoms with van der Waals surface area (Å²) in [6, 6.07) is 0. The predicted molar refractivity (Wildman–Crippen MR) is 57.6 cm³/mol. The number of fused-ring (bicyclic) bond motifs is 1. The molecule has 4 heteroatoms. The molecule has 0 radical (unpaired) electrons. The van der Waals surface area contributed by atoms with E-state index < -0.39 is 0 Å². The predicted octanol–water partition coefficient (Wildman–Crippen LogP) is 2.49. The highest BCUT2D eigenvalue weighted by molar-refractivity contribution is 6.35. The Labute approximate surface area is 87.7 Å². The van der Waals surface area contributed by atoms with E-state index in [9.17, 15) is 0 Å². The summed E-state index contributed by atoms with van der Waals surface area (Å²) in [6.45, 7) is 4.01. The molecule has 0 fully saturated rings. The third kappa shape index (κ3) is 1.20. The zero-order valence-electron chi connectivity index (χ0n) is 8.50. The highest BCUT2D eigenvalue weighted by atomic mass is 35.5. The SMILES string of the molecule is CCc1cnc2c(nc(C)n2C)c1Cl. The first-order valence-corrected chi connectivity index (χ1v) is 4.99. The Balaban J connectivity index is 2.83. The van der Waals surface area contributed by atoms with Crippen molar-refractivity contribution in [1.82, 2.24) is 14.5 Å². The van der Waals surface area contributed by atoms with Gasteiger partial charge in [-0.25, -0.2) is 9.97 Å². The van der Waals surface area contributed by atoms with Crippen LogP contribution < -0.4 is 0 Å². The lowest BCUT2D eigenvalue weighted by Crippen LogP contribution is -1.93. The number of hydrogen-bond acceptors (Lipinski definition) is 2. The Morgan fingerprint density at radius 1 is 1.50 bits per heavy atom. The maximum atomic E-state index is 6.21. The lowest BCUT2D eigenvalue weighted by molar-refractivity contribution is 0.873. The van der Waals surface area contributed by atoms with Gasteiger partial charge in [-0.15, -0.1) is 0 Å². The topological polar surface area (TPSA) is 30.7 Å². The minimum Gasteiger partial charge on any atom is -0.316 e. The normalized spacial score (nSPS) is 11.1. The summed E-state index contributed by atoms with van der Waals surface area (Å²) >= 11 is 6.21. The van der Waals surface area contributed by atoms with Gasteiger partial charge < -0.3 is 4.57 Å². The van der Waals surface area contributed by atoms with Crippen LogP contribution in [0.15, 0.2) is 6.20 Å². The van der Waals surface area contributed by atoms with Crippen LogP contribution in [0.2, 0.25) is 5.02 Å². The van der Waals surface area contributed by atoms with Crippen LogP contribution in [0, 0.1) is 6.92 Å². The standard InChI is InChI=1S/C10H12ClN3/c1-4-7-5-12-10-9(8(7)11)13-6(2)14(10)3/h5H,4H2,1-3H3. The van der Waals surface area contributed by atoms with Crippen molar-refractivity contribution in [2.45, 2.75) is 20.3 Å². The minimum absolute atomic E-state index is 0.737. The Morgan fingerprint density at radius 3 is 2.86 bits per heavy atom. The molecule has 0 aliphatic carbocycles. The first-order valence-electron chi connectivity index (χ1n) is 4.61. The molecule has 2 aromatic rings. The third-order valence-electron chi connectivity index (χ3n) is 2.50. The quantitative estimate of drug-likeness (QED) is 0.723. The van der Waals surface area contributed by atoms with Crippen LogP contribution in [-0.2, 0) is 13.5 Å². The number of halogens is 1. The van der Waals surface area contributed by atoms with E-state index in [1.54, 1.807) is 0 Å². The molecule has 2 rings (SSSR count). The van der Waals surface area contributed by atoms with Crippen molar-refractivity contribution in [2.75, 3.05) is 0 Å². The molecule has 0 amide bonds. The lowest BCUT2D eigenvalue weighted by atomic mass is 10.2. The number of aryl methyl sites for hydroxylation is 3. The van der Waals surface area contributed by atoms with Gasteiger partial charge in [0, 0.05) is 13.2 Å². The molecule has 0 N–H and O–H groups in total. The molecule has 3 nitrogen and oxygen atoms in total. The fraction of sp³-hybridized carbons (Fsp3) is 0.400. The fourth-order valence-electron chi connectivity index (χ4n) is 1.49. The van der Waals surface area contributed by atoms with Gasteiger partial charge in [0.15, 0.2) is 5.65 Å². The van der Waals surface area contributed by atoms with E-state index in [2.05, 4.69) is 16.9 Å². The molecule has 0 spiro atoms. The number of rotatable bonds is 1. The van der Waals surface area contributed by atoms with Crippen molar-refractivity contribution < 1.29 is 0 Å². The highest BCUT2D eigenvalue weighted by Crippen LogP contribution is 2.25. The van der Waals surface area contributed by atoms with Gasteiger partial charge in [0.05, 0.1) is 5.02 Å². The maximum Gasteiger partial charge on any atom is 0.161 e. The van der Waals surface area contributed by atoms with Crippen LogP contribution >= 0.6 is 11.6 Å². The molecule has 0 saturated heterocycles. The van der Waals surface area contributed by atoms with Crippen LogP contribution in [0.3, 0.4) is 0 Å². The summed E-state index contributed by atoms with van der Waals surface area (Å²) < 4.78 is 1.95. The third-order valence-corrected chi connectivity index (χ3v) is 2.92. The molecule has 74 valence electrons. The van der Waals surface area contributed by atoms with E-state index in [0.717, 1.165) is 34.0 Å². The number of aromatic nitrogens is 3. The number of imidazole rings is 1. The van der Waals surface area contributed by atoms with E-state index in [1.165, 1.54) is 0 Å². The Morgan fingerprint density at radius 2 is 2.21 bits per heavy atom. The van der Waals surface area contributed by atoms with Crippen molar-refractivity contribution in [2.24, 2.45) is 7.05 Å². The Hall–Kier alpha value is -1.09. The lowest BCUT2D eigenvalue weighted by Gasteiger charge is -2.00. The maximum absolute atomic E-state index is 6.21. The monoisotopic (exact) mass is 209 g/mol. The van der Waals surface area contributed by atoms with E-state index in [0.29, 0.717) is 0 Å². The van der Waals surface area contributed by atoms with Crippen molar-refractivity contribution in [3.8, 4) is 0 Å². The van der Waals surface area contributed by atoms with Gasteiger partial charge in [0.25, 0.3) is 0 Å². The molecule has 0 bridgehead atoms. The van der Waals surface area contributed by atoms with Gasteiger partial charge in [-0.1, -0.05) is 18.5 Å². The van der Waals surface area contributed by atoms with Gasteiger partial charge in [-0.05, 0) is 18.9 Å². The summed E-state index contributed by atoms with van der Waals surface area (Å²) in [6.07, 6.45) is 2.71. The molecule has 2 aromatic heterocycles. The summed E-state index contributed by atoms with van der Waals surface area (Å²) in [5.74, 6) is 0.933. The van der Waals surface area contributed by atoms with E-state index in [-0.39, 0.29) is 0 Å². The van der Waals surface area contributed by atoms with E-state index >= 15 is 0 Å². The van der Waals surface area contributed by atoms with Gasteiger partial charge >= 0.3 is 0 Å². The number of nitrogens with zero attached hydrogens (tertiary/aromatic N) is 3. The summed E-state index contributed by atoms with van der Waals surface area (Å²) in [7, 11) is 1.94. The molecule has 0 saturated carbocycles. The zero-order chi connectivity index (χ0) is 10.3.